The van der Waals surface area contributed by atoms with Crippen LogP contribution in [0.3, 0.4) is 0 Å². The largest absolute Gasteiger partial charge is 0.387 e. The number of aromatic nitrogens is 1. The van der Waals surface area contributed by atoms with Crippen molar-refractivity contribution in [2.24, 2.45) is 16.6 Å². The number of hydrogen-bond donors (Lipinski definition) is 2. The van der Waals surface area contributed by atoms with Crippen molar-refractivity contribution >= 4 is 28.3 Å². The van der Waals surface area contributed by atoms with E-state index in [1.807, 2.05) is 30.3 Å². The van der Waals surface area contributed by atoms with Gasteiger partial charge in [0.15, 0.2) is 0 Å². The van der Waals surface area contributed by atoms with E-state index in [1.165, 1.54) is 5.56 Å². The summed E-state index contributed by atoms with van der Waals surface area (Å²) in [5.41, 5.74) is 8.22. The third-order valence-electron chi connectivity index (χ3n) is 5.33. The third kappa shape index (κ3) is 4.78. The van der Waals surface area contributed by atoms with Crippen LogP contribution in [0.1, 0.15) is 18.4 Å². The lowest BCUT2D eigenvalue weighted by atomic mass is 9.96. The van der Waals surface area contributed by atoms with E-state index in [1.54, 1.807) is 12.4 Å². The van der Waals surface area contributed by atoms with Gasteiger partial charge in [0.05, 0.1) is 5.69 Å². The topological polar surface area (TPSA) is 83.6 Å². The molecule has 1 aliphatic rings. The first-order valence-corrected chi connectivity index (χ1v) is 9.93. The molecule has 0 bridgehead atoms. The number of carbonyl (C=O) groups excluding carboxylic acids is 1. The third-order valence-corrected chi connectivity index (χ3v) is 5.33. The molecule has 2 amide bonds. The summed E-state index contributed by atoms with van der Waals surface area (Å²) in [5, 5.41) is 4.75. The minimum atomic E-state index is -0.438. The lowest BCUT2D eigenvalue weighted by Gasteiger charge is -2.32. The predicted molar refractivity (Wildman–Crippen MR) is 117 cm³/mol. The highest BCUT2D eigenvalue weighted by Crippen LogP contribution is 2.23. The Labute approximate surface area is 170 Å². The quantitative estimate of drug-likeness (QED) is 0.523. The summed E-state index contributed by atoms with van der Waals surface area (Å²) in [4.78, 5) is 23.1. The van der Waals surface area contributed by atoms with E-state index in [-0.39, 0.29) is 5.92 Å². The molecule has 1 atom stereocenters. The Morgan fingerprint density at radius 1 is 1.17 bits per heavy atom. The molecule has 0 radical (unpaired) electrons. The number of likely N-dealkylation sites (tertiary alicyclic amines) is 1. The fourth-order valence-corrected chi connectivity index (χ4v) is 3.87. The highest BCUT2D eigenvalue weighted by atomic mass is 16.2. The van der Waals surface area contributed by atoms with Crippen LogP contribution >= 0.6 is 0 Å². The van der Waals surface area contributed by atoms with E-state index in [4.69, 9.17) is 5.73 Å². The van der Waals surface area contributed by atoms with Gasteiger partial charge in [0, 0.05) is 42.2 Å². The number of urea groups is 1. The van der Waals surface area contributed by atoms with E-state index in [9.17, 15) is 4.79 Å². The second-order valence-corrected chi connectivity index (χ2v) is 7.43. The molecule has 2 heterocycles. The summed E-state index contributed by atoms with van der Waals surface area (Å²) < 4.78 is 0. The van der Waals surface area contributed by atoms with Gasteiger partial charge in [0.2, 0.25) is 0 Å². The van der Waals surface area contributed by atoms with Gasteiger partial charge in [-0.3, -0.25) is 9.88 Å². The van der Waals surface area contributed by atoms with E-state index in [0.29, 0.717) is 11.5 Å². The predicted octanol–water partition coefficient (Wildman–Crippen LogP) is 4.04. The van der Waals surface area contributed by atoms with Crippen molar-refractivity contribution in [3.8, 4) is 0 Å². The maximum atomic E-state index is 12.5. The van der Waals surface area contributed by atoms with Crippen LogP contribution in [0.5, 0.6) is 0 Å². The molecule has 0 spiro atoms. The zero-order valence-electron chi connectivity index (χ0n) is 16.3. The molecule has 3 aromatic rings. The van der Waals surface area contributed by atoms with Gasteiger partial charge in [-0.25, -0.2) is 4.79 Å². The monoisotopic (exact) mass is 387 g/mol. The SMILES string of the molecule is N/C(=N\C(=O)Nc1cccc2cnccc12)C1CCCN(Cc2ccccc2)C1. The first-order chi connectivity index (χ1) is 14.2. The zero-order valence-corrected chi connectivity index (χ0v) is 16.3. The van der Waals surface area contributed by atoms with E-state index in [0.717, 1.165) is 43.2 Å². The Morgan fingerprint density at radius 2 is 2.03 bits per heavy atom. The van der Waals surface area contributed by atoms with Crippen molar-refractivity contribution in [3.05, 3.63) is 72.6 Å². The molecule has 1 aliphatic heterocycles. The minimum Gasteiger partial charge on any atom is -0.387 e. The fraction of sp³-hybridized carbons (Fsp3) is 0.261. The number of nitrogens with two attached hydrogens (primary N) is 1. The van der Waals surface area contributed by atoms with Crippen molar-refractivity contribution in [3.63, 3.8) is 0 Å². The van der Waals surface area contributed by atoms with Gasteiger partial charge >= 0.3 is 6.03 Å². The molecule has 6 heteroatoms. The average Bonchev–Trinajstić information content (AvgIpc) is 2.75. The molecule has 148 valence electrons. The molecule has 1 unspecified atom stereocenters. The molecule has 1 aromatic heterocycles. The number of benzene rings is 2. The second-order valence-electron chi connectivity index (χ2n) is 7.43. The Kier molecular flexibility index (Phi) is 5.81. The Hall–Kier alpha value is -3.25. The number of hydrogen-bond acceptors (Lipinski definition) is 3. The molecular weight excluding hydrogens is 362 g/mol. The van der Waals surface area contributed by atoms with Crippen LogP contribution in [0.4, 0.5) is 10.5 Å². The highest BCUT2D eigenvalue weighted by molar-refractivity contribution is 6.05. The van der Waals surface area contributed by atoms with Crippen LogP contribution in [-0.4, -0.2) is 34.8 Å². The number of rotatable bonds is 4. The first-order valence-electron chi connectivity index (χ1n) is 9.93. The van der Waals surface area contributed by atoms with Gasteiger partial charge in [-0.1, -0.05) is 42.5 Å². The van der Waals surface area contributed by atoms with E-state index < -0.39 is 6.03 Å². The summed E-state index contributed by atoms with van der Waals surface area (Å²) in [6.07, 6.45) is 5.48. The van der Waals surface area contributed by atoms with E-state index >= 15 is 0 Å². The summed E-state index contributed by atoms with van der Waals surface area (Å²) in [6, 6.07) is 17.5. The Bertz CT molecular complexity index is 1010. The molecule has 6 nitrogen and oxygen atoms in total. The molecule has 4 rings (SSSR count). The molecule has 0 saturated carbocycles. The fourth-order valence-electron chi connectivity index (χ4n) is 3.87. The number of aliphatic imine (C=N–C) groups is 1. The van der Waals surface area contributed by atoms with Gasteiger partial charge in [-0.15, -0.1) is 0 Å². The maximum absolute atomic E-state index is 12.5. The number of nitrogens with zero attached hydrogens (tertiary/aromatic N) is 3. The van der Waals surface area contributed by atoms with Crippen molar-refractivity contribution in [1.82, 2.24) is 9.88 Å². The van der Waals surface area contributed by atoms with Gasteiger partial charge in [-0.2, -0.15) is 4.99 Å². The number of carbonyl (C=O) groups is 1. The number of fused-ring (bicyclic) bond motifs is 1. The molecule has 2 aromatic carbocycles. The number of pyridine rings is 1. The number of nitrogens with one attached hydrogen (secondary N) is 1. The standard InChI is InChI=1S/C23H25N5O/c24-22(19-9-5-13-28(16-19)15-17-6-2-1-3-7-17)27-23(29)26-21-10-4-8-18-14-25-12-11-20(18)21/h1-4,6-8,10-12,14,19H,5,9,13,15-16H2,(H3,24,26,27,29). The van der Waals surface area contributed by atoms with Crippen LogP contribution in [0, 0.1) is 5.92 Å². The molecule has 3 N–H and O–H groups in total. The van der Waals surface area contributed by atoms with Gasteiger partial charge in [0.25, 0.3) is 0 Å². The Morgan fingerprint density at radius 3 is 2.90 bits per heavy atom. The first kappa shape index (κ1) is 19.1. The van der Waals surface area contributed by atoms with Gasteiger partial charge < -0.3 is 11.1 Å². The van der Waals surface area contributed by atoms with Crippen molar-refractivity contribution in [2.75, 3.05) is 18.4 Å². The lowest BCUT2D eigenvalue weighted by molar-refractivity contribution is 0.196. The zero-order chi connectivity index (χ0) is 20.1. The molecule has 0 aliphatic carbocycles. The van der Waals surface area contributed by atoms with Gasteiger partial charge in [-0.05, 0) is 37.1 Å². The van der Waals surface area contributed by atoms with Gasteiger partial charge in [0.1, 0.15) is 5.84 Å². The minimum absolute atomic E-state index is 0.0925. The van der Waals surface area contributed by atoms with Crippen LogP contribution in [-0.2, 0) is 6.54 Å². The average molecular weight is 387 g/mol. The smallest absolute Gasteiger partial charge is 0.347 e. The Balaban J connectivity index is 1.41. The maximum Gasteiger partial charge on any atom is 0.347 e. The molecular formula is C23H25N5O. The van der Waals surface area contributed by atoms with Crippen molar-refractivity contribution in [1.29, 1.82) is 0 Å². The summed E-state index contributed by atoms with van der Waals surface area (Å²) >= 11 is 0. The van der Waals surface area contributed by atoms with Crippen LogP contribution < -0.4 is 11.1 Å². The summed E-state index contributed by atoms with van der Waals surface area (Å²) in [7, 11) is 0. The molecule has 29 heavy (non-hydrogen) atoms. The van der Waals surface area contributed by atoms with Crippen molar-refractivity contribution < 1.29 is 4.79 Å². The second kappa shape index (κ2) is 8.84. The lowest BCUT2D eigenvalue weighted by Crippen LogP contribution is -2.41. The number of anilines is 1. The number of piperidine rings is 1. The van der Waals surface area contributed by atoms with E-state index in [2.05, 4.69) is 44.5 Å². The molecule has 1 fully saturated rings. The number of amides is 2. The highest BCUT2D eigenvalue weighted by Gasteiger charge is 2.23. The summed E-state index contributed by atoms with van der Waals surface area (Å²) in [6.45, 7) is 2.74. The normalized spacial score (nSPS) is 17.9. The van der Waals surface area contributed by atoms with Crippen LogP contribution in [0.2, 0.25) is 0 Å². The van der Waals surface area contributed by atoms with Crippen LogP contribution in [0.25, 0.3) is 10.8 Å². The molecule has 1 saturated heterocycles. The number of amidine groups is 1. The van der Waals surface area contributed by atoms with Crippen molar-refractivity contribution in [2.45, 2.75) is 19.4 Å². The summed E-state index contributed by atoms with van der Waals surface area (Å²) in [5.74, 6) is 0.497. The van der Waals surface area contributed by atoms with Crippen LogP contribution in [0.15, 0.2) is 72.0 Å².